The molecule has 3 nitrogen and oxygen atoms in total. The van der Waals surface area contributed by atoms with E-state index < -0.39 is 25.7 Å². The van der Waals surface area contributed by atoms with Crippen LogP contribution in [0.2, 0.25) is 6.55 Å². The molecular weight excluding hydrogens is 264 g/mol. The van der Waals surface area contributed by atoms with E-state index >= 15 is 0 Å². The molecule has 17 heavy (non-hydrogen) atoms. The van der Waals surface area contributed by atoms with Gasteiger partial charge >= 0.3 is 25.7 Å². The van der Waals surface area contributed by atoms with Crippen molar-refractivity contribution < 1.29 is 12.3 Å². The molecule has 1 aliphatic rings. The molecule has 1 fully saturated rings. The Bertz CT molecular complexity index is 334. The van der Waals surface area contributed by atoms with E-state index in [2.05, 4.69) is 32.9 Å². The van der Waals surface area contributed by atoms with Gasteiger partial charge in [0, 0.05) is 0 Å². The minimum atomic E-state index is -2.65. The summed E-state index contributed by atoms with van der Waals surface area (Å²) in [6.07, 6.45) is 0. The van der Waals surface area contributed by atoms with Crippen LogP contribution in [0.15, 0.2) is 61.4 Å². The molecule has 0 aliphatic carbocycles. The average Bonchev–Trinajstić information content (AvgIpc) is 2.37. The van der Waals surface area contributed by atoms with Gasteiger partial charge in [-0.3, -0.25) is 0 Å². The van der Waals surface area contributed by atoms with Crippen LogP contribution in [-0.4, -0.2) is 25.7 Å². The molecule has 0 aromatic rings. The third-order valence-corrected chi connectivity index (χ3v) is 13.9. The lowest BCUT2D eigenvalue weighted by molar-refractivity contribution is 0.258. The fourth-order valence-corrected chi connectivity index (χ4v) is 13.9. The van der Waals surface area contributed by atoms with Gasteiger partial charge < -0.3 is 12.3 Å². The molecule has 0 aromatic carbocycles. The molecule has 1 rings (SSSR count). The summed E-state index contributed by atoms with van der Waals surface area (Å²) in [4.78, 5) is 0. The summed E-state index contributed by atoms with van der Waals surface area (Å²) >= 11 is 0. The maximum absolute atomic E-state index is 6.00. The van der Waals surface area contributed by atoms with Crippen LogP contribution in [0.5, 0.6) is 0 Å². The van der Waals surface area contributed by atoms with E-state index in [0.29, 0.717) is 0 Å². The molecule has 0 atom stereocenters. The van der Waals surface area contributed by atoms with Gasteiger partial charge in [-0.2, -0.15) is 0 Å². The Balaban J connectivity index is 3.28. The van der Waals surface area contributed by atoms with Gasteiger partial charge in [0.25, 0.3) is 0 Å². The van der Waals surface area contributed by atoms with Gasteiger partial charge in [0.2, 0.25) is 0 Å². The Morgan fingerprint density at radius 3 is 1.24 bits per heavy atom. The van der Waals surface area contributed by atoms with Crippen molar-refractivity contribution in [3.8, 4) is 0 Å². The van der Waals surface area contributed by atoms with Crippen molar-refractivity contribution in [2.45, 2.75) is 6.55 Å². The van der Waals surface area contributed by atoms with Crippen molar-refractivity contribution in [1.82, 2.24) is 0 Å². The Labute approximate surface area is 106 Å². The Morgan fingerprint density at radius 2 is 1.00 bits per heavy atom. The standard InChI is InChI=1S/C11H18O3Si3/c1-7-15(6)12-16(8-2,9-3)14-17(10-4,11-5)13-15/h7-11H,1-5H2,6H3. The van der Waals surface area contributed by atoms with Crippen LogP contribution in [-0.2, 0) is 12.3 Å². The number of rotatable bonds is 5. The predicted octanol–water partition coefficient (Wildman–Crippen LogP) is 2.63. The van der Waals surface area contributed by atoms with Crippen molar-refractivity contribution >= 4 is 25.7 Å². The Hall–Kier alpha value is -0.769. The first kappa shape index (κ1) is 14.3. The summed E-state index contributed by atoms with van der Waals surface area (Å²) in [5.41, 5.74) is 8.54. The quantitative estimate of drug-likeness (QED) is 0.726. The highest BCUT2D eigenvalue weighted by Gasteiger charge is 2.55. The number of hydrogen-bond acceptors (Lipinski definition) is 3. The maximum Gasteiger partial charge on any atom is 0.374 e. The van der Waals surface area contributed by atoms with Crippen LogP contribution in [0.1, 0.15) is 0 Å². The molecule has 0 radical (unpaired) electrons. The molecule has 1 heterocycles. The van der Waals surface area contributed by atoms with E-state index in [1.807, 2.05) is 6.55 Å². The molecular formula is C11H18O3Si3. The van der Waals surface area contributed by atoms with Crippen molar-refractivity contribution in [3.63, 3.8) is 0 Å². The molecule has 1 saturated heterocycles. The van der Waals surface area contributed by atoms with Crippen molar-refractivity contribution in [1.29, 1.82) is 0 Å². The van der Waals surface area contributed by atoms with Crippen LogP contribution in [0.4, 0.5) is 0 Å². The van der Waals surface area contributed by atoms with E-state index in [0.717, 1.165) is 0 Å². The molecule has 0 amide bonds. The van der Waals surface area contributed by atoms with Gasteiger partial charge in [0.15, 0.2) is 0 Å². The van der Waals surface area contributed by atoms with E-state index in [1.165, 1.54) is 0 Å². The fraction of sp³-hybridized carbons (Fsp3) is 0.0909. The van der Waals surface area contributed by atoms with Gasteiger partial charge in [-0.1, -0.05) is 5.70 Å². The normalized spacial score (nSPS) is 24.3. The largest absolute Gasteiger partial charge is 0.406 e. The average molecular weight is 283 g/mol. The molecule has 92 valence electrons. The van der Waals surface area contributed by atoms with Crippen molar-refractivity contribution in [2.24, 2.45) is 0 Å². The fourth-order valence-electron chi connectivity index (χ4n) is 1.53. The van der Waals surface area contributed by atoms with E-state index in [9.17, 15) is 0 Å². The minimum absolute atomic E-state index is 1.70. The second-order valence-corrected chi connectivity index (χ2v) is 13.2. The lowest BCUT2D eigenvalue weighted by Crippen LogP contribution is -2.66. The molecule has 0 spiro atoms. The maximum atomic E-state index is 6.00. The van der Waals surface area contributed by atoms with Gasteiger partial charge in [-0.15, -0.1) is 32.9 Å². The second-order valence-electron chi connectivity index (χ2n) is 3.79. The molecule has 0 saturated carbocycles. The summed E-state index contributed by atoms with van der Waals surface area (Å²) in [5.74, 6) is 0. The first-order valence-electron chi connectivity index (χ1n) is 5.21. The third-order valence-electron chi connectivity index (χ3n) is 2.55. The van der Waals surface area contributed by atoms with Gasteiger partial charge in [0.1, 0.15) is 0 Å². The van der Waals surface area contributed by atoms with E-state index in [-0.39, 0.29) is 0 Å². The van der Waals surface area contributed by atoms with Gasteiger partial charge in [0.05, 0.1) is 0 Å². The highest BCUT2D eigenvalue weighted by molar-refractivity contribution is 7.01. The summed E-state index contributed by atoms with van der Waals surface area (Å²) in [6.45, 7) is 20.9. The summed E-state index contributed by atoms with van der Waals surface area (Å²) in [5, 5.41) is 0. The van der Waals surface area contributed by atoms with Crippen LogP contribution >= 0.6 is 0 Å². The SMILES string of the molecule is C=C[Si]1(C)O[Si](C=C)(C=C)O[Si](C=C)(C=C)O1. The van der Waals surface area contributed by atoms with Crippen LogP contribution in [0.3, 0.4) is 0 Å². The highest BCUT2D eigenvalue weighted by Crippen LogP contribution is 2.33. The first-order valence-corrected chi connectivity index (χ1v) is 11.5. The van der Waals surface area contributed by atoms with Crippen molar-refractivity contribution in [2.75, 3.05) is 0 Å². The Kier molecular flexibility index (Phi) is 4.07. The monoisotopic (exact) mass is 282 g/mol. The zero-order chi connectivity index (χ0) is 13.2. The molecule has 6 heteroatoms. The second kappa shape index (κ2) is 4.85. The van der Waals surface area contributed by atoms with E-state index in [4.69, 9.17) is 12.3 Å². The van der Waals surface area contributed by atoms with Crippen LogP contribution in [0, 0.1) is 0 Å². The third kappa shape index (κ3) is 2.57. The Morgan fingerprint density at radius 1 is 0.647 bits per heavy atom. The number of hydrogen-bond donors (Lipinski definition) is 0. The smallest absolute Gasteiger partial charge is 0.374 e. The molecule has 0 bridgehead atoms. The first-order chi connectivity index (χ1) is 7.92. The van der Waals surface area contributed by atoms with Crippen LogP contribution < -0.4 is 0 Å². The van der Waals surface area contributed by atoms with E-state index in [1.54, 1.807) is 28.5 Å². The zero-order valence-corrected chi connectivity index (χ0v) is 13.1. The topological polar surface area (TPSA) is 27.7 Å². The van der Waals surface area contributed by atoms with Gasteiger partial charge in [-0.05, 0) is 29.3 Å². The van der Waals surface area contributed by atoms with Crippen molar-refractivity contribution in [3.05, 3.63) is 61.4 Å². The predicted molar refractivity (Wildman–Crippen MR) is 77.4 cm³/mol. The molecule has 1 aliphatic heterocycles. The van der Waals surface area contributed by atoms with Gasteiger partial charge in [-0.25, -0.2) is 0 Å². The molecule has 0 unspecified atom stereocenters. The highest BCUT2D eigenvalue weighted by atomic mass is 28.5. The zero-order valence-electron chi connectivity index (χ0n) is 10.1. The summed E-state index contributed by atoms with van der Waals surface area (Å²) < 4.78 is 18.0. The van der Waals surface area contributed by atoms with Crippen LogP contribution in [0.25, 0.3) is 0 Å². The molecule has 0 aromatic heterocycles. The lowest BCUT2D eigenvalue weighted by atomic mass is 11.2. The molecule has 0 N–H and O–H groups in total. The summed E-state index contributed by atoms with van der Waals surface area (Å²) in [7, 11) is -7.79. The lowest BCUT2D eigenvalue weighted by Gasteiger charge is -2.47. The summed E-state index contributed by atoms with van der Waals surface area (Å²) in [6, 6.07) is 0. The minimum Gasteiger partial charge on any atom is -0.406 e.